The van der Waals surface area contributed by atoms with Crippen LogP contribution in [0.25, 0.3) is 0 Å². The molecule has 1 N–H and O–H groups in total. The third-order valence-electron chi connectivity index (χ3n) is 4.53. The largest absolute Gasteiger partial charge is 0.340 e. The summed E-state index contributed by atoms with van der Waals surface area (Å²) in [7, 11) is 0. The van der Waals surface area contributed by atoms with Crippen LogP contribution in [0.2, 0.25) is 0 Å². The molecule has 1 aliphatic rings. The number of nitrogens with one attached hydrogen (secondary N) is 1. The number of carbonyl (C=O) groups excluding carboxylic acids is 1. The number of anilines is 2. The molecule has 1 fully saturated rings. The van der Waals surface area contributed by atoms with Crippen molar-refractivity contribution in [3.8, 4) is 0 Å². The molecule has 1 aliphatic heterocycles. The van der Waals surface area contributed by atoms with Crippen molar-refractivity contribution in [3.05, 3.63) is 52.1 Å². The van der Waals surface area contributed by atoms with Gasteiger partial charge >= 0.3 is 0 Å². The maximum Gasteiger partial charge on any atom is 0.255 e. The Kier molecular flexibility index (Phi) is 5.19. The van der Waals surface area contributed by atoms with Crippen LogP contribution in [-0.2, 0) is 0 Å². The van der Waals surface area contributed by atoms with Gasteiger partial charge in [0, 0.05) is 29.4 Å². The number of nitrogens with zero attached hydrogens (tertiary/aromatic N) is 2. The zero-order valence-electron chi connectivity index (χ0n) is 14.1. The highest BCUT2D eigenvalue weighted by Gasteiger charge is 2.21. The maximum absolute atomic E-state index is 12.5. The van der Waals surface area contributed by atoms with E-state index in [4.69, 9.17) is 0 Å². The molecule has 0 spiro atoms. The van der Waals surface area contributed by atoms with Gasteiger partial charge in [0.15, 0.2) is 0 Å². The zero-order valence-corrected chi connectivity index (χ0v) is 15.6. The number of hydrogen-bond donors (Lipinski definition) is 1. The van der Waals surface area contributed by atoms with Crippen molar-refractivity contribution in [3.63, 3.8) is 0 Å². The van der Waals surface area contributed by atoms with Gasteiger partial charge in [-0.15, -0.1) is 0 Å². The summed E-state index contributed by atoms with van der Waals surface area (Å²) >= 11 is 3.46. The van der Waals surface area contributed by atoms with Crippen LogP contribution in [0.1, 0.15) is 35.7 Å². The van der Waals surface area contributed by atoms with E-state index in [1.54, 1.807) is 6.20 Å². The molecule has 1 saturated heterocycles. The lowest BCUT2D eigenvalue weighted by molar-refractivity contribution is 0.0697. The number of aryl methyl sites for hydroxylation is 1. The summed E-state index contributed by atoms with van der Waals surface area (Å²) in [6.45, 7) is 5.98. The Morgan fingerprint density at radius 2 is 2.00 bits per heavy atom. The van der Waals surface area contributed by atoms with Crippen molar-refractivity contribution in [2.24, 2.45) is 5.92 Å². The zero-order chi connectivity index (χ0) is 17.1. The first-order chi connectivity index (χ1) is 11.5. The molecule has 0 unspecified atom stereocenters. The van der Waals surface area contributed by atoms with Crippen LogP contribution < -0.4 is 5.32 Å². The van der Waals surface area contributed by atoms with Crippen LogP contribution >= 0.6 is 15.9 Å². The summed E-state index contributed by atoms with van der Waals surface area (Å²) in [5.41, 5.74) is 2.80. The van der Waals surface area contributed by atoms with Gasteiger partial charge in [0.2, 0.25) is 0 Å². The first-order valence-corrected chi connectivity index (χ1v) is 9.11. The monoisotopic (exact) mass is 387 g/mol. The number of benzene rings is 1. The molecule has 1 aromatic heterocycles. The Bertz CT molecular complexity index is 722. The molecule has 126 valence electrons. The van der Waals surface area contributed by atoms with Crippen LogP contribution in [0.4, 0.5) is 11.5 Å². The van der Waals surface area contributed by atoms with Gasteiger partial charge in [0.1, 0.15) is 5.82 Å². The van der Waals surface area contributed by atoms with Gasteiger partial charge in [-0.3, -0.25) is 4.79 Å². The number of hydrogen-bond acceptors (Lipinski definition) is 3. The van der Waals surface area contributed by atoms with Crippen LogP contribution in [0.15, 0.2) is 41.0 Å². The molecule has 24 heavy (non-hydrogen) atoms. The fourth-order valence-electron chi connectivity index (χ4n) is 2.89. The highest BCUT2D eigenvalue weighted by Crippen LogP contribution is 2.23. The van der Waals surface area contributed by atoms with E-state index in [0.717, 1.165) is 47.5 Å². The van der Waals surface area contributed by atoms with E-state index in [-0.39, 0.29) is 5.91 Å². The number of carbonyl (C=O) groups is 1. The lowest BCUT2D eigenvalue weighted by Gasteiger charge is -2.30. The summed E-state index contributed by atoms with van der Waals surface area (Å²) in [4.78, 5) is 18.9. The average molecular weight is 388 g/mol. The predicted molar refractivity (Wildman–Crippen MR) is 101 cm³/mol. The minimum absolute atomic E-state index is 0.0840. The molecule has 0 radical (unpaired) electrons. The Morgan fingerprint density at radius 3 is 2.62 bits per heavy atom. The standard InChI is InChI=1S/C19H22BrN3O/c1-13-7-9-23(10-8-13)19(24)15-3-6-18(21-12-15)22-17-5-4-16(20)11-14(17)2/h3-6,11-13H,7-10H2,1-2H3,(H,21,22). The van der Waals surface area contributed by atoms with E-state index in [1.807, 2.05) is 36.1 Å². The Balaban J connectivity index is 1.68. The third kappa shape index (κ3) is 3.96. The maximum atomic E-state index is 12.5. The number of amides is 1. The minimum atomic E-state index is 0.0840. The molecular formula is C19H22BrN3O. The molecule has 3 rings (SSSR count). The second-order valence-electron chi connectivity index (χ2n) is 6.49. The van der Waals surface area contributed by atoms with E-state index in [9.17, 15) is 4.79 Å². The summed E-state index contributed by atoms with van der Waals surface area (Å²) in [5.74, 6) is 1.54. The number of halogens is 1. The van der Waals surface area contributed by atoms with Crippen LogP contribution in [0.5, 0.6) is 0 Å². The van der Waals surface area contributed by atoms with Crippen molar-refractivity contribution in [1.82, 2.24) is 9.88 Å². The first-order valence-electron chi connectivity index (χ1n) is 8.31. The number of pyridine rings is 1. The Hall–Kier alpha value is -1.88. The molecule has 4 nitrogen and oxygen atoms in total. The van der Waals surface area contributed by atoms with Crippen LogP contribution in [0, 0.1) is 12.8 Å². The van der Waals surface area contributed by atoms with E-state index >= 15 is 0 Å². The van der Waals surface area contributed by atoms with E-state index in [2.05, 4.69) is 39.2 Å². The van der Waals surface area contributed by atoms with Gasteiger partial charge in [-0.2, -0.15) is 0 Å². The second-order valence-corrected chi connectivity index (χ2v) is 7.41. The number of rotatable bonds is 3. The van der Waals surface area contributed by atoms with Gasteiger partial charge in [-0.1, -0.05) is 22.9 Å². The normalized spacial score (nSPS) is 15.4. The third-order valence-corrected chi connectivity index (χ3v) is 5.03. The van der Waals surface area contributed by atoms with E-state index < -0.39 is 0 Å². The number of likely N-dealkylation sites (tertiary alicyclic amines) is 1. The highest BCUT2D eigenvalue weighted by molar-refractivity contribution is 9.10. The minimum Gasteiger partial charge on any atom is -0.340 e. The van der Waals surface area contributed by atoms with Crippen molar-refractivity contribution in [2.75, 3.05) is 18.4 Å². The lowest BCUT2D eigenvalue weighted by atomic mass is 9.99. The molecule has 0 atom stereocenters. The first kappa shape index (κ1) is 17.0. The predicted octanol–water partition coefficient (Wildman–Crippen LogP) is 4.77. The number of aromatic nitrogens is 1. The quantitative estimate of drug-likeness (QED) is 0.824. The molecule has 2 aromatic rings. The molecule has 2 heterocycles. The smallest absolute Gasteiger partial charge is 0.255 e. The van der Waals surface area contributed by atoms with Crippen molar-refractivity contribution in [1.29, 1.82) is 0 Å². The molecule has 0 aliphatic carbocycles. The fourth-order valence-corrected chi connectivity index (χ4v) is 3.37. The fraction of sp³-hybridized carbons (Fsp3) is 0.368. The Labute approximate surface area is 151 Å². The molecular weight excluding hydrogens is 366 g/mol. The second kappa shape index (κ2) is 7.34. The molecule has 0 saturated carbocycles. The van der Waals surface area contributed by atoms with Crippen molar-refractivity contribution >= 4 is 33.3 Å². The van der Waals surface area contributed by atoms with Gasteiger partial charge in [-0.25, -0.2) is 4.98 Å². The number of piperidine rings is 1. The average Bonchev–Trinajstić information content (AvgIpc) is 2.58. The molecule has 1 aromatic carbocycles. The summed E-state index contributed by atoms with van der Waals surface area (Å²) < 4.78 is 1.05. The summed E-state index contributed by atoms with van der Waals surface area (Å²) in [5, 5.41) is 3.29. The summed E-state index contributed by atoms with van der Waals surface area (Å²) in [6.07, 6.45) is 3.83. The van der Waals surface area contributed by atoms with Crippen LogP contribution in [0.3, 0.4) is 0 Å². The summed E-state index contributed by atoms with van der Waals surface area (Å²) in [6, 6.07) is 9.77. The van der Waals surface area contributed by atoms with Crippen molar-refractivity contribution in [2.45, 2.75) is 26.7 Å². The van der Waals surface area contributed by atoms with Gasteiger partial charge in [0.05, 0.1) is 5.56 Å². The van der Waals surface area contributed by atoms with E-state index in [1.165, 1.54) is 0 Å². The molecule has 1 amide bonds. The lowest BCUT2D eigenvalue weighted by Crippen LogP contribution is -2.37. The molecule has 0 bridgehead atoms. The SMILES string of the molecule is Cc1cc(Br)ccc1Nc1ccc(C(=O)N2CCC(C)CC2)cn1. The molecule has 5 heteroatoms. The van der Waals surface area contributed by atoms with Gasteiger partial charge in [0.25, 0.3) is 5.91 Å². The highest BCUT2D eigenvalue weighted by atomic mass is 79.9. The van der Waals surface area contributed by atoms with Crippen molar-refractivity contribution < 1.29 is 4.79 Å². The Morgan fingerprint density at radius 1 is 1.25 bits per heavy atom. The van der Waals surface area contributed by atoms with Crippen LogP contribution in [-0.4, -0.2) is 28.9 Å². The van der Waals surface area contributed by atoms with Gasteiger partial charge < -0.3 is 10.2 Å². The topological polar surface area (TPSA) is 45.2 Å². The van der Waals surface area contributed by atoms with Gasteiger partial charge in [-0.05, 0) is 61.6 Å². The van der Waals surface area contributed by atoms with E-state index in [0.29, 0.717) is 11.5 Å².